The molecule has 0 nitrogen and oxygen atoms in total. The van der Waals surface area contributed by atoms with E-state index in [0.29, 0.717) is 0 Å². The molecule has 0 saturated carbocycles. The first-order valence-electron chi connectivity index (χ1n) is 5.60. The summed E-state index contributed by atoms with van der Waals surface area (Å²) in [5, 5.41) is 3.01. The van der Waals surface area contributed by atoms with E-state index in [1.54, 1.807) is 0 Å². The normalized spacial score (nSPS) is 11.2. The third-order valence-corrected chi connectivity index (χ3v) is 4.67. The zero-order chi connectivity index (χ0) is 9.78. The van der Waals surface area contributed by atoms with Gasteiger partial charge < -0.3 is 0 Å². The Morgan fingerprint density at radius 1 is 1.00 bits per heavy atom. The Bertz CT molecular complexity index is 108. The van der Waals surface area contributed by atoms with Crippen molar-refractivity contribution < 1.29 is 0 Å². The van der Waals surface area contributed by atoms with E-state index in [1.807, 2.05) is 0 Å². The average Bonchev–Trinajstić information content (AvgIpc) is 2.16. The van der Waals surface area contributed by atoms with Gasteiger partial charge in [-0.15, -0.1) is 0 Å². The van der Waals surface area contributed by atoms with Crippen LogP contribution in [0.25, 0.3) is 0 Å². The summed E-state index contributed by atoms with van der Waals surface area (Å²) in [5.74, 6) is 0. The monoisotopic (exact) mass is 248 g/mol. The SMILES string of the molecule is CC=CCCCCCC[Se]CCC. The summed E-state index contributed by atoms with van der Waals surface area (Å²) in [5.41, 5.74) is 0. The van der Waals surface area contributed by atoms with Gasteiger partial charge >= 0.3 is 90.1 Å². The second-order valence-corrected chi connectivity index (χ2v) is 5.95. The predicted octanol–water partition coefficient (Wildman–Crippen LogP) is 4.46. The standard InChI is InChI=1S/C12H24Se/c1-3-5-6-7-8-9-10-12-13-11-4-2/h3,5H,4,6-12H2,1-2H3. The van der Waals surface area contributed by atoms with Crippen LogP contribution in [0.5, 0.6) is 0 Å². The Balaban J connectivity index is 2.83. The van der Waals surface area contributed by atoms with Crippen LogP contribution in [-0.2, 0) is 0 Å². The molecule has 13 heavy (non-hydrogen) atoms. The van der Waals surface area contributed by atoms with E-state index in [9.17, 15) is 0 Å². The zero-order valence-corrected chi connectivity index (χ0v) is 10.9. The van der Waals surface area contributed by atoms with Gasteiger partial charge in [-0.3, -0.25) is 0 Å². The molecule has 0 bridgehead atoms. The second kappa shape index (κ2) is 12.3. The quantitative estimate of drug-likeness (QED) is 0.320. The van der Waals surface area contributed by atoms with Crippen LogP contribution in [0.1, 0.15) is 52.4 Å². The maximum absolute atomic E-state index is 2.29. The van der Waals surface area contributed by atoms with Gasteiger partial charge in [-0.25, -0.2) is 0 Å². The van der Waals surface area contributed by atoms with Crippen LogP contribution in [0.4, 0.5) is 0 Å². The van der Waals surface area contributed by atoms with E-state index in [-0.39, 0.29) is 0 Å². The summed E-state index contributed by atoms with van der Waals surface area (Å²) < 4.78 is 0. The van der Waals surface area contributed by atoms with Gasteiger partial charge in [0.25, 0.3) is 0 Å². The van der Waals surface area contributed by atoms with E-state index in [2.05, 4.69) is 26.0 Å². The zero-order valence-electron chi connectivity index (χ0n) is 9.22. The Labute approximate surface area is 90.3 Å². The molecule has 0 aliphatic carbocycles. The van der Waals surface area contributed by atoms with Crippen molar-refractivity contribution in [1.82, 2.24) is 0 Å². The maximum atomic E-state index is 2.29. The minimum absolute atomic E-state index is 0.956. The van der Waals surface area contributed by atoms with E-state index in [4.69, 9.17) is 0 Å². The van der Waals surface area contributed by atoms with Crippen molar-refractivity contribution in [3.8, 4) is 0 Å². The summed E-state index contributed by atoms with van der Waals surface area (Å²) >= 11 is 0.956. The fraction of sp³-hybridized carbons (Fsp3) is 0.833. The number of hydrogen-bond donors (Lipinski definition) is 0. The van der Waals surface area contributed by atoms with Crippen molar-refractivity contribution in [2.24, 2.45) is 0 Å². The molecule has 0 aliphatic heterocycles. The predicted molar refractivity (Wildman–Crippen MR) is 63.6 cm³/mol. The van der Waals surface area contributed by atoms with E-state index in [0.717, 1.165) is 15.0 Å². The number of unbranched alkanes of at least 4 members (excludes halogenated alkanes) is 4. The molecule has 0 N–H and O–H groups in total. The fourth-order valence-electron chi connectivity index (χ4n) is 1.23. The van der Waals surface area contributed by atoms with Crippen molar-refractivity contribution >= 4 is 15.0 Å². The molecule has 0 saturated heterocycles. The summed E-state index contributed by atoms with van der Waals surface area (Å²) in [4.78, 5) is 0. The molecule has 0 heterocycles. The third kappa shape index (κ3) is 12.3. The van der Waals surface area contributed by atoms with Crippen LogP contribution >= 0.6 is 0 Å². The summed E-state index contributed by atoms with van der Waals surface area (Å²) in [7, 11) is 0. The van der Waals surface area contributed by atoms with Crippen LogP contribution in [0.15, 0.2) is 12.2 Å². The molecule has 0 rings (SSSR count). The van der Waals surface area contributed by atoms with Crippen molar-refractivity contribution in [3.63, 3.8) is 0 Å². The molecule has 0 fully saturated rings. The summed E-state index contributed by atoms with van der Waals surface area (Å²) in [6.45, 7) is 4.39. The van der Waals surface area contributed by atoms with Crippen molar-refractivity contribution in [1.29, 1.82) is 0 Å². The number of allylic oxidation sites excluding steroid dienone is 2. The molecule has 0 atom stereocenters. The first-order valence-corrected chi connectivity index (χ1v) is 8.03. The Morgan fingerprint density at radius 2 is 1.77 bits per heavy atom. The summed E-state index contributed by atoms with van der Waals surface area (Å²) in [6.07, 6.45) is 12.9. The Morgan fingerprint density at radius 3 is 2.46 bits per heavy atom. The molecule has 0 spiro atoms. The van der Waals surface area contributed by atoms with Crippen molar-refractivity contribution in [2.45, 2.75) is 63.0 Å². The first-order chi connectivity index (χ1) is 6.41. The van der Waals surface area contributed by atoms with Crippen LogP contribution in [0.2, 0.25) is 10.6 Å². The van der Waals surface area contributed by atoms with Crippen molar-refractivity contribution in [2.75, 3.05) is 0 Å². The van der Waals surface area contributed by atoms with Gasteiger partial charge in [0.2, 0.25) is 0 Å². The number of hydrogen-bond acceptors (Lipinski definition) is 0. The van der Waals surface area contributed by atoms with Gasteiger partial charge in [-0.05, 0) is 0 Å². The van der Waals surface area contributed by atoms with E-state index < -0.39 is 0 Å². The first kappa shape index (κ1) is 13.3. The minimum atomic E-state index is 0.956. The third-order valence-electron chi connectivity index (χ3n) is 1.99. The molecule has 0 aromatic heterocycles. The van der Waals surface area contributed by atoms with Crippen molar-refractivity contribution in [3.05, 3.63) is 12.2 Å². The molecule has 78 valence electrons. The van der Waals surface area contributed by atoms with Crippen LogP contribution in [0, 0.1) is 0 Å². The fourth-order valence-corrected chi connectivity index (χ4v) is 3.12. The topological polar surface area (TPSA) is 0 Å². The van der Waals surface area contributed by atoms with Crippen LogP contribution < -0.4 is 0 Å². The van der Waals surface area contributed by atoms with Gasteiger partial charge in [0.05, 0.1) is 0 Å². The summed E-state index contributed by atoms with van der Waals surface area (Å²) in [6, 6.07) is 0. The molecule has 0 aromatic rings. The van der Waals surface area contributed by atoms with Gasteiger partial charge in [-0.2, -0.15) is 0 Å². The Hall–Kier alpha value is 0.259. The van der Waals surface area contributed by atoms with Crippen LogP contribution in [-0.4, -0.2) is 15.0 Å². The molecule has 0 amide bonds. The van der Waals surface area contributed by atoms with Gasteiger partial charge in [0.15, 0.2) is 0 Å². The molecule has 0 aliphatic rings. The average molecular weight is 247 g/mol. The van der Waals surface area contributed by atoms with Gasteiger partial charge in [0.1, 0.15) is 0 Å². The van der Waals surface area contributed by atoms with Gasteiger partial charge in [0, 0.05) is 0 Å². The van der Waals surface area contributed by atoms with E-state index >= 15 is 0 Å². The molecular formula is C12H24Se. The van der Waals surface area contributed by atoms with Gasteiger partial charge in [-0.1, -0.05) is 0 Å². The molecule has 0 aromatic carbocycles. The molecule has 1 heteroatoms. The van der Waals surface area contributed by atoms with E-state index in [1.165, 1.54) is 49.2 Å². The molecule has 0 radical (unpaired) electrons. The second-order valence-electron chi connectivity index (χ2n) is 3.38. The molecule has 0 unspecified atom stereocenters. The van der Waals surface area contributed by atoms with Crippen LogP contribution in [0.3, 0.4) is 0 Å². The Kier molecular flexibility index (Phi) is 12.5. The molecular weight excluding hydrogens is 223 g/mol. The number of rotatable bonds is 9.